The van der Waals surface area contributed by atoms with Crippen molar-refractivity contribution >= 4 is 35.0 Å². The van der Waals surface area contributed by atoms with Gasteiger partial charge in [0.15, 0.2) is 5.60 Å². The Morgan fingerprint density at radius 2 is 1.87 bits per heavy atom. The van der Waals surface area contributed by atoms with Crippen LogP contribution < -0.4 is 0 Å². The predicted octanol–water partition coefficient (Wildman–Crippen LogP) is 2.53. The highest BCUT2D eigenvalue weighted by molar-refractivity contribution is 6.55. The molecule has 0 bridgehead atoms. The molecule has 1 aliphatic carbocycles. The summed E-state index contributed by atoms with van der Waals surface area (Å²) in [5, 5.41) is -0.0452. The summed E-state index contributed by atoms with van der Waals surface area (Å²) in [6.07, 6.45) is 3.28. The van der Waals surface area contributed by atoms with Gasteiger partial charge in [0.25, 0.3) is 0 Å². The van der Waals surface area contributed by atoms with Crippen LogP contribution in [0.2, 0.25) is 0 Å². The van der Waals surface area contributed by atoms with Gasteiger partial charge in [-0.1, -0.05) is 30.1 Å². The second kappa shape index (κ2) is 4.37. The molecule has 15 heavy (non-hydrogen) atoms. The van der Waals surface area contributed by atoms with Crippen LogP contribution in [-0.2, 0) is 14.3 Å². The molecule has 0 spiro atoms. The first-order valence-electron chi connectivity index (χ1n) is 4.41. The molecule has 0 fully saturated rings. The van der Waals surface area contributed by atoms with E-state index in [4.69, 9.17) is 27.9 Å². The SMILES string of the molecule is CCC1(OC(C)=O)C=C(Cl)C(=O)C(Cl)=C1. The number of carbonyl (C=O) groups is 2. The third-order valence-electron chi connectivity index (χ3n) is 2.06. The van der Waals surface area contributed by atoms with Crippen LogP contribution in [0.25, 0.3) is 0 Å². The van der Waals surface area contributed by atoms with Crippen molar-refractivity contribution in [2.45, 2.75) is 25.9 Å². The van der Waals surface area contributed by atoms with Gasteiger partial charge in [-0.2, -0.15) is 0 Å². The molecule has 0 unspecified atom stereocenters. The maximum Gasteiger partial charge on any atom is 0.303 e. The summed E-state index contributed by atoms with van der Waals surface area (Å²) in [5.74, 6) is -0.901. The molecule has 0 aromatic heterocycles. The number of halogens is 2. The van der Waals surface area contributed by atoms with Crippen LogP contribution in [-0.4, -0.2) is 17.4 Å². The van der Waals surface area contributed by atoms with Gasteiger partial charge < -0.3 is 4.74 Å². The first-order chi connectivity index (χ1) is 6.90. The molecule has 3 nitrogen and oxygen atoms in total. The zero-order valence-electron chi connectivity index (χ0n) is 8.34. The van der Waals surface area contributed by atoms with Crippen molar-refractivity contribution in [1.82, 2.24) is 0 Å². The Bertz CT molecular complexity index is 347. The monoisotopic (exact) mass is 248 g/mol. The molecule has 0 N–H and O–H groups in total. The van der Waals surface area contributed by atoms with Crippen LogP contribution >= 0.6 is 23.2 Å². The van der Waals surface area contributed by atoms with Crippen LogP contribution in [0.1, 0.15) is 20.3 Å². The van der Waals surface area contributed by atoms with Gasteiger partial charge in [-0.05, 0) is 18.6 Å². The van der Waals surface area contributed by atoms with E-state index in [0.29, 0.717) is 6.42 Å². The number of Topliss-reactive ketones (excluding diaryl/α,β-unsaturated/α-hetero) is 1. The Hall–Kier alpha value is -0.800. The molecule has 82 valence electrons. The van der Waals surface area contributed by atoms with E-state index >= 15 is 0 Å². The highest BCUT2D eigenvalue weighted by Gasteiger charge is 2.34. The van der Waals surface area contributed by atoms with Gasteiger partial charge in [0, 0.05) is 6.92 Å². The molecule has 0 radical (unpaired) electrons. The molecule has 1 aliphatic rings. The summed E-state index contributed by atoms with van der Waals surface area (Å²) in [6.45, 7) is 3.09. The van der Waals surface area contributed by atoms with Crippen molar-refractivity contribution in [2.75, 3.05) is 0 Å². The summed E-state index contributed by atoms with van der Waals surface area (Å²) >= 11 is 11.4. The smallest absolute Gasteiger partial charge is 0.303 e. The second-order valence-corrected chi connectivity index (χ2v) is 4.03. The topological polar surface area (TPSA) is 43.4 Å². The maximum absolute atomic E-state index is 11.3. The average molecular weight is 249 g/mol. The summed E-state index contributed by atoms with van der Waals surface area (Å²) < 4.78 is 5.10. The number of carbonyl (C=O) groups excluding carboxylic acids is 2. The summed E-state index contributed by atoms with van der Waals surface area (Å²) in [5.41, 5.74) is -0.992. The van der Waals surface area contributed by atoms with Gasteiger partial charge in [0.2, 0.25) is 5.78 Å². The predicted molar refractivity (Wildman–Crippen MR) is 57.7 cm³/mol. The molecule has 0 aromatic rings. The Morgan fingerprint density at radius 3 is 2.20 bits per heavy atom. The van der Waals surface area contributed by atoms with Gasteiger partial charge in [-0.3, -0.25) is 9.59 Å². The van der Waals surface area contributed by atoms with Crippen LogP contribution in [0.15, 0.2) is 22.2 Å². The minimum atomic E-state index is -0.992. The van der Waals surface area contributed by atoms with E-state index in [-0.39, 0.29) is 10.1 Å². The third kappa shape index (κ3) is 2.61. The van der Waals surface area contributed by atoms with E-state index in [1.807, 2.05) is 0 Å². The summed E-state index contributed by atoms with van der Waals surface area (Å²) in [6, 6.07) is 0. The molecule has 0 saturated carbocycles. The quantitative estimate of drug-likeness (QED) is 0.706. The Labute approximate surface area is 97.7 Å². The normalized spacial score (nSPS) is 19.3. The van der Waals surface area contributed by atoms with Crippen LogP contribution in [0.5, 0.6) is 0 Å². The third-order valence-corrected chi connectivity index (χ3v) is 2.62. The van der Waals surface area contributed by atoms with Gasteiger partial charge in [-0.25, -0.2) is 0 Å². The van der Waals surface area contributed by atoms with E-state index in [0.717, 1.165) is 0 Å². The molecule has 0 aromatic carbocycles. The first-order valence-corrected chi connectivity index (χ1v) is 5.17. The number of allylic oxidation sites excluding steroid dienone is 2. The van der Waals surface area contributed by atoms with E-state index < -0.39 is 17.4 Å². The van der Waals surface area contributed by atoms with Gasteiger partial charge >= 0.3 is 5.97 Å². The van der Waals surface area contributed by atoms with Crippen LogP contribution in [0.3, 0.4) is 0 Å². The molecule has 5 heteroatoms. The standard InChI is InChI=1S/C10H10Cl2O3/c1-3-10(15-6(2)13)4-7(11)9(14)8(12)5-10/h4-5H,3H2,1-2H3. The number of ether oxygens (including phenoxy) is 1. The number of ketones is 1. The molecule has 0 aliphatic heterocycles. The highest BCUT2D eigenvalue weighted by atomic mass is 35.5. The number of hydrogen-bond acceptors (Lipinski definition) is 3. The van der Waals surface area contributed by atoms with Crippen LogP contribution in [0, 0.1) is 0 Å². The van der Waals surface area contributed by atoms with Crippen molar-refractivity contribution in [3.8, 4) is 0 Å². The van der Waals surface area contributed by atoms with E-state index in [9.17, 15) is 9.59 Å². The minimum Gasteiger partial charge on any atom is -0.451 e. The molecular weight excluding hydrogens is 239 g/mol. The van der Waals surface area contributed by atoms with Crippen molar-refractivity contribution in [1.29, 1.82) is 0 Å². The molecule has 1 rings (SSSR count). The Morgan fingerprint density at radius 1 is 1.40 bits per heavy atom. The van der Waals surface area contributed by atoms with Crippen molar-refractivity contribution in [3.05, 3.63) is 22.2 Å². The lowest BCUT2D eigenvalue weighted by molar-refractivity contribution is -0.149. The van der Waals surface area contributed by atoms with E-state index in [1.165, 1.54) is 19.1 Å². The fraction of sp³-hybridized carbons (Fsp3) is 0.400. The van der Waals surface area contributed by atoms with Gasteiger partial charge in [0.1, 0.15) is 0 Å². The zero-order valence-corrected chi connectivity index (χ0v) is 9.85. The lowest BCUT2D eigenvalue weighted by atomic mass is 9.94. The number of hydrogen-bond donors (Lipinski definition) is 0. The minimum absolute atomic E-state index is 0.0226. The zero-order chi connectivity index (χ0) is 11.6. The average Bonchev–Trinajstić information content (AvgIpc) is 2.13. The van der Waals surface area contributed by atoms with E-state index in [1.54, 1.807) is 6.92 Å². The van der Waals surface area contributed by atoms with E-state index in [2.05, 4.69) is 0 Å². The van der Waals surface area contributed by atoms with Crippen molar-refractivity contribution < 1.29 is 14.3 Å². The molecule has 0 saturated heterocycles. The first kappa shape index (κ1) is 12.3. The van der Waals surface area contributed by atoms with Crippen LogP contribution in [0.4, 0.5) is 0 Å². The molecule has 0 atom stereocenters. The van der Waals surface area contributed by atoms with Crippen molar-refractivity contribution in [3.63, 3.8) is 0 Å². The maximum atomic E-state index is 11.3. The summed E-state index contributed by atoms with van der Waals surface area (Å²) in [7, 11) is 0. The Kier molecular flexibility index (Phi) is 3.58. The fourth-order valence-electron chi connectivity index (χ4n) is 1.32. The highest BCUT2D eigenvalue weighted by Crippen LogP contribution is 2.32. The Balaban J connectivity index is 3.11. The molecule has 0 heterocycles. The largest absolute Gasteiger partial charge is 0.451 e. The van der Waals surface area contributed by atoms with Gasteiger partial charge in [0.05, 0.1) is 10.1 Å². The second-order valence-electron chi connectivity index (χ2n) is 3.22. The lowest BCUT2D eigenvalue weighted by Gasteiger charge is -2.28. The summed E-state index contributed by atoms with van der Waals surface area (Å²) in [4.78, 5) is 22.2. The molecule has 0 amide bonds. The fourth-order valence-corrected chi connectivity index (χ4v) is 1.94. The molecular formula is C10H10Cl2O3. The number of esters is 1. The van der Waals surface area contributed by atoms with Crippen molar-refractivity contribution in [2.24, 2.45) is 0 Å². The van der Waals surface area contributed by atoms with Gasteiger partial charge in [-0.15, -0.1) is 0 Å². The number of rotatable bonds is 2. The lowest BCUT2D eigenvalue weighted by Crippen LogP contribution is -2.33.